The van der Waals surface area contributed by atoms with Gasteiger partial charge in [-0.1, -0.05) is 30.3 Å². The van der Waals surface area contributed by atoms with Crippen LogP contribution in [0.25, 0.3) is 0 Å². The van der Waals surface area contributed by atoms with Crippen LogP contribution in [0.1, 0.15) is 38.8 Å². The van der Waals surface area contributed by atoms with E-state index >= 15 is 0 Å². The van der Waals surface area contributed by atoms with Gasteiger partial charge in [0.15, 0.2) is 0 Å². The minimum Gasteiger partial charge on any atom is -0.442 e. The molecule has 1 fully saturated rings. The molecule has 25 heavy (non-hydrogen) atoms. The summed E-state index contributed by atoms with van der Waals surface area (Å²) < 4.78 is 5.32. The number of nitrogens with zero attached hydrogens (tertiary/aromatic N) is 3. The molecule has 0 aromatic heterocycles. The van der Waals surface area contributed by atoms with Crippen LogP contribution in [0.15, 0.2) is 35.4 Å². The highest BCUT2D eigenvalue weighted by Gasteiger charge is 2.39. The highest BCUT2D eigenvalue weighted by molar-refractivity contribution is 5.79. The molecule has 3 rings (SSSR count). The van der Waals surface area contributed by atoms with E-state index in [1.807, 2.05) is 51.1 Å². The lowest BCUT2D eigenvalue weighted by Crippen LogP contribution is -2.59. The third-order valence-electron chi connectivity index (χ3n) is 4.08. The summed E-state index contributed by atoms with van der Waals surface area (Å²) in [5.74, 6) is 0. The minimum absolute atomic E-state index is 0.0714. The fourth-order valence-corrected chi connectivity index (χ4v) is 2.85. The molecule has 134 valence electrons. The molecular weight excluding hydrogens is 320 g/mol. The van der Waals surface area contributed by atoms with E-state index in [0.717, 1.165) is 5.56 Å². The number of nitrogens with one attached hydrogen (secondary N) is 1. The maximum absolute atomic E-state index is 12.7. The maximum atomic E-state index is 12.7. The maximum Gasteiger partial charge on any atom is 0.407 e. The number of alkyl carbamates (subject to hydrolysis) is 1. The topological polar surface area (TPSA) is 74.2 Å². The van der Waals surface area contributed by atoms with Gasteiger partial charge in [0, 0.05) is 18.2 Å². The second-order valence-electron chi connectivity index (χ2n) is 7.39. The van der Waals surface area contributed by atoms with Crippen LogP contribution in [-0.2, 0) is 4.74 Å². The van der Waals surface area contributed by atoms with E-state index in [4.69, 9.17) is 4.74 Å². The number of urea groups is 1. The van der Waals surface area contributed by atoms with Crippen LogP contribution in [0.5, 0.6) is 0 Å². The average Bonchev–Trinajstić information content (AvgIpc) is 2.98. The van der Waals surface area contributed by atoms with Gasteiger partial charge in [-0.25, -0.2) is 14.6 Å². The molecule has 1 aromatic rings. The Morgan fingerprint density at radius 2 is 1.88 bits per heavy atom. The Morgan fingerprint density at radius 3 is 2.52 bits per heavy atom. The van der Waals surface area contributed by atoms with Crippen molar-refractivity contribution < 1.29 is 14.3 Å². The molecule has 1 unspecified atom stereocenters. The monoisotopic (exact) mass is 344 g/mol. The summed E-state index contributed by atoms with van der Waals surface area (Å²) >= 11 is 0. The summed E-state index contributed by atoms with van der Waals surface area (Å²) in [5, 5.41) is 8.49. The van der Waals surface area contributed by atoms with E-state index in [1.54, 1.807) is 11.1 Å². The van der Waals surface area contributed by atoms with Crippen molar-refractivity contribution in [2.24, 2.45) is 5.10 Å². The third-order valence-corrected chi connectivity index (χ3v) is 4.08. The first-order valence-electron chi connectivity index (χ1n) is 8.48. The number of likely N-dealkylation sites (tertiary alicyclic amines) is 1. The van der Waals surface area contributed by atoms with Gasteiger partial charge in [-0.3, -0.25) is 0 Å². The molecule has 0 radical (unpaired) electrons. The van der Waals surface area contributed by atoms with E-state index in [2.05, 4.69) is 10.4 Å². The molecule has 7 heteroatoms. The smallest absolute Gasteiger partial charge is 0.407 e. The van der Waals surface area contributed by atoms with E-state index in [0.29, 0.717) is 19.5 Å². The van der Waals surface area contributed by atoms with Crippen molar-refractivity contribution >= 4 is 18.3 Å². The molecular formula is C18H24N4O3. The van der Waals surface area contributed by atoms with Crippen LogP contribution < -0.4 is 5.32 Å². The van der Waals surface area contributed by atoms with Crippen molar-refractivity contribution in [1.82, 2.24) is 15.2 Å². The van der Waals surface area contributed by atoms with Gasteiger partial charge in [0.05, 0.1) is 19.1 Å². The fraction of sp³-hybridized carbons (Fsp3) is 0.500. The van der Waals surface area contributed by atoms with Crippen LogP contribution in [-0.4, -0.2) is 53.0 Å². The largest absolute Gasteiger partial charge is 0.442 e. The Kier molecular flexibility index (Phi) is 4.65. The Balaban J connectivity index is 1.52. The molecule has 1 N–H and O–H groups in total. The number of hydrogen-bond acceptors (Lipinski definition) is 4. The second-order valence-corrected chi connectivity index (χ2v) is 7.39. The Bertz CT molecular complexity index is 663. The van der Waals surface area contributed by atoms with Gasteiger partial charge in [-0.2, -0.15) is 5.10 Å². The molecule has 2 heterocycles. The van der Waals surface area contributed by atoms with E-state index in [9.17, 15) is 9.59 Å². The molecule has 1 atom stereocenters. The van der Waals surface area contributed by atoms with E-state index in [-0.39, 0.29) is 23.7 Å². The predicted molar refractivity (Wildman–Crippen MR) is 94.3 cm³/mol. The zero-order valence-corrected chi connectivity index (χ0v) is 14.8. The molecule has 2 aliphatic rings. The standard InChI is InChI=1S/C18H24N4O3/c1-18(2,3)20-16(23)25-14-11-21(12-14)17(24)22-15(9-10-19-22)13-7-5-4-6-8-13/h4-8,10,14-15H,9,11-12H2,1-3H3,(H,20,23). The minimum atomic E-state index is -0.453. The van der Waals surface area contributed by atoms with Gasteiger partial charge in [-0.05, 0) is 26.3 Å². The first-order valence-corrected chi connectivity index (χ1v) is 8.48. The van der Waals surface area contributed by atoms with Gasteiger partial charge in [0.1, 0.15) is 6.10 Å². The number of benzene rings is 1. The predicted octanol–water partition coefficient (Wildman–Crippen LogP) is 2.75. The van der Waals surface area contributed by atoms with Crippen LogP contribution >= 0.6 is 0 Å². The zero-order valence-electron chi connectivity index (χ0n) is 14.8. The van der Waals surface area contributed by atoms with Crippen molar-refractivity contribution in [3.63, 3.8) is 0 Å². The molecule has 0 spiro atoms. The number of hydrogen-bond donors (Lipinski definition) is 1. The first kappa shape index (κ1) is 17.3. The Hall–Kier alpha value is -2.57. The Morgan fingerprint density at radius 1 is 1.20 bits per heavy atom. The van der Waals surface area contributed by atoms with Crippen LogP contribution in [0.4, 0.5) is 9.59 Å². The molecule has 3 amide bonds. The number of amides is 3. The van der Waals surface area contributed by atoms with E-state index in [1.165, 1.54) is 5.01 Å². The van der Waals surface area contributed by atoms with Gasteiger partial charge in [-0.15, -0.1) is 0 Å². The molecule has 1 aromatic carbocycles. The number of carbonyl (C=O) groups is 2. The van der Waals surface area contributed by atoms with Gasteiger partial charge in [0.25, 0.3) is 0 Å². The summed E-state index contributed by atoms with van der Waals surface area (Å²) in [6.45, 7) is 6.45. The number of carbonyl (C=O) groups excluding carboxylic acids is 2. The van der Waals surface area contributed by atoms with Gasteiger partial charge >= 0.3 is 12.1 Å². The zero-order chi connectivity index (χ0) is 18.0. The lowest BCUT2D eigenvalue weighted by molar-refractivity contribution is -0.00498. The number of hydrazone groups is 1. The van der Waals surface area contributed by atoms with Crippen molar-refractivity contribution in [3.05, 3.63) is 35.9 Å². The van der Waals surface area contributed by atoms with Crippen LogP contribution in [0, 0.1) is 0 Å². The van der Waals surface area contributed by atoms with Crippen molar-refractivity contribution in [2.45, 2.75) is 44.9 Å². The van der Waals surface area contributed by atoms with Gasteiger partial charge < -0.3 is 15.0 Å². The summed E-state index contributed by atoms with van der Waals surface area (Å²) in [4.78, 5) is 26.1. The highest BCUT2D eigenvalue weighted by atomic mass is 16.6. The molecule has 0 bridgehead atoms. The second kappa shape index (κ2) is 6.74. The molecule has 0 saturated carbocycles. The normalized spacial score (nSPS) is 20.4. The van der Waals surface area contributed by atoms with E-state index < -0.39 is 6.09 Å². The average molecular weight is 344 g/mol. The number of rotatable bonds is 2. The van der Waals surface area contributed by atoms with Crippen LogP contribution in [0.3, 0.4) is 0 Å². The quantitative estimate of drug-likeness (QED) is 0.896. The molecule has 1 saturated heterocycles. The first-order chi connectivity index (χ1) is 11.8. The van der Waals surface area contributed by atoms with Crippen LogP contribution in [0.2, 0.25) is 0 Å². The molecule has 7 nitrogen and oxygen atoms in total. The van der Waals surface area contributed by atoms with Crippen molar-refractivity contribution in [1.29, 1.82) is 0 Å². The summed E-state index contributed by atoms with van der Waals surface area (Å²) in [6.07, 6.45) is 1.75. The number of ether oxygens (including phenoxy) is 1. The van der Waals surface area contributed by atoms with Crippen molar-refractivity contribution in [3.8, 4) is 0 Å². The fourth-order valence-electron chi connectivity index (χ4n) is 2.85. The lowest BCUT2D eigenvalue weighted by Gasteiger charge is -2.40. The lowest BCUT2D eigenvalue weighted by atomic mass is 10.0. The summed E-state index contributed by atoms with van der Waals surface area (Å²) in [6, 6.07) is 9.63. The van der Waals surface area contributed by atoms with Gasteiger partial charge in [0.2, 0.25) is 0 Å². The third kappa shape index (κ3) is 4.10. The molecule has 2 aliphatic heterocycles. The highest BCUT2D eigenvalue weighted by Crippen LogP contribution is 2.30. The van der Waals surface area contributed by atoms with Crippen molar-refractivity contribution in [2.75, 3.05) is 13.1 Å². The Labute approximate surface area is 147 Å². The summed E-state index contributed by atoms with van der Waals surface area (Å²) in [5.41, 5.74) is 0.718. The molecule has 0 aliphatic carbocycles. The summed E-state index contributed by atoms with van der Waals surface area (Å²) in [7, 11) is 0. The SMILES string of the molecule is CC(C)(C)NC(=O)OC1CN(C(=O)N2N=CCC2c2ccccc2)C1.